The number of nitrogens with one attached hydrogen (secondary N) is 1. The summed E-state index contributed by atoms with van der Waals surface area (Å²) in [6.07, 6.45) is 1.48. The van der Waals surface area contributed by atoms with Gasteiger partial charge in [-0.25, -0.2) is 9.78 Å². The van der Waals surface area contributed by atoms with Crippen molar-refractivity contribution in [2.75, 3.05) is 31.1 Å². The number of carbonyl (C=O) groups excluding carboxylic acids is 1. The highest BCUT2D eigenvalue weighted by Crippen LogP contribution is 2.17. The SMILES string of the molecule is CC(C)(C)OC(=O)N1CCN(c2ccc(N=O)[nH+]c2)CC1.[OH-]. The van der Waals surface area contributed by atoms with E-state index in [1.54, 1.807) is 17.2 Å². The Balaban J connectivity index is 0.00000242. The first-order valence-electron chi connectivity index (χ1n) is 6.97. The highest BCUT2D eigenvalue weighted by atomic mass is 16.6. The average molecular weight is 310 g/mol. The molecule has 0 atom stereocenters. The van der Waals surface area contributed by atoms with Gasteiger partial charge in [-0.15, -0.1) is 0 Å². The Bertz CT molecular complexity index is 505. The predicted octanol–water partition coefficient (Wildman–Crippen LogP) is 1.78. The molecule has 0 aliphatic carbocycles. The van der Waals surface area contributed by atoms with Gasteiger partial charge in [0.25, 0.3) is 0 Å². The van der Waals surface area contributed by atoms with E-state index in [-0.39, 0.29) is 11.6 Å². The lowest BCUT2D eigenvalue weighted by atomic mass is 10.2. The molecule has 1 aliphatic rings. The summed E-state index contributed by atoms with van der Waals surface area (Å²) in [7, 11) is 0. The summed E-state index contributed by atoms with van der Waals surface area (Å²) in [5.41, 5.74) is 0.507. The van der Waals surface area contributed by atoms with E-state index in [2.05, 4.69) is 15.1 Å². The number of hydrogen-bond donors (Lipinski definition) is 0. The lowest BCUT2D eigenvalue weighted by Gasteiger charge is -2.36. The molecule has 1 amide bonds. The molecule has 0 bridgehead atoms. The maximum Gasteiger partial charge on any atom is 0.410 e. The topological polar surface area (TPSA) is 106 Å². The molecule has 0 unspecified atom stereocenters. The highest BCUT2D eigenvalue weighted by Gasteiger charge is 2.26. The van der Waals surface area contributed by atoms with Crippen molar-refractivity contribution in [2.24, 2.45) is 5.18 Å². The summed E-state index contributed by atoms with van der Waals surface area (Å²) in [6, 6.07) is 3.49. The Labute approximate surface area is 129 Å². The largest absolute Gasteiger partial charge is 0.870 e. The van der Waals surface area contributed by atoms with Gasteiger partial charge in [0.1, 0.15) is 11.8 Å². The second kappa shape index (κ2) is 7.17. The van der Waals surface area contributed by atoms with Gasteiger partial charge >= 0.3 is 11.9 Å². The van der Waals surface area contributed by atoms with Gasteiger partial charge in [0, 0.05) is 32.2 Å². The van der Waals surface area contributed by atoms with Crippen LogP contribution >= 0.6 is 0 Å². The molecule has 2 N–H and O–H groups in total. The smallest absolute Gasteiger partial charge is 0.410 e. The Morgan fingerprint density at radius 2 is 1.86 bits per heavy atom. The molecule has 1 aromatic heterocycles. The number of nitroso groups, excluding NO2 is 1. The molecule has 2 heterocycles. The van der Waals surface area contributed by atoms with Crippen LogP contribution in [-0.4, -0.2) is 48.2 Å². The Morgan fingerprint density at radius 1 is 1.23 bits per heavy atom. The van der Waals surface area contributed by atoms with Gasteiger partial charge in [0.05, 0.1) is 5.69 Å². The maximum atomic E-state index is 12.0. The Hall–Kier alpha value is -2.22. The van der Waals surface area contributed by atoms with Crippen LogP contribution in [0.3, 0.4) is 0 Å². The van der Waals surface area contributed by atoms with E-state index in [0.29, 0.717) is 18.9 Å². The number of ether oxygens (including phenoxy) is 1. The van der Waals surface area contributed by atoms with Crippen LogP contribution in [-0.2, 0) is 4.74 Å². The van der Waals surface area contributed by atoms with E-state index in [4.69, 9.17) is 4.74 Å². The molecule has 0 radical (unpaired) electrons. The van der Waals surface area contributed by atoms with Crippen LogP contribution in [0.2, 0.25) is 0 Å². The first-order chi connectivity index (χ1) is 9.89. The number of H-pyrrole nitrogens is 1. The zero-order valence-corrected chi connectivity index (χ0v) is 13.1. The van der Waals surface area contributed by atoms with Gasteiger partial charge in [-0.2, -0.15) is 0 Å². The summed E-state index contributed by atoms with van der Waals surface area (Å²) in [5, 5.41) is 2.83. The van der Waals surface area contributed by atoms with E-state index < -0.39 is 5.60 Å². The number of pyridine rings is 1. The fraction of sp³-hybridized carbons (Fsp3) is 0.571. The zero-order valence-electron chi connectivity index (χ0n) is 13.1. The van der Waals surface area contributed by atoms with Crippen molar-refractivity contribution >= 4 is 17.6 Å². The van der Waals surface area contributed by atoms with Gasteiger partial charge in [-0.05, 0) is 31.7 Å². The second-order valence-electron chi connectivity index (χ2n) is 5.98. The summed E-state index contributed by atoms with van der Waals surface area (Å²) in [4.78, 5) is 29.0. The molecule has 2 rings (SSSR count). The van der Waals surface area contributed by atoms with Crippen LogP contribution in [0, 0.1) is 4.91 Å². The number of aromatic amines is 1. The number of carbonyl (C=O) groups is 1. The quantitative estimate of drug-likeness (QED) is 0.774. The van der Waals surface area contributed by atoms with Gasteiger partial charge in [-0.1, -0.05) is 0 Å². The summed E-state index contributed by atoms with van der Waals surface area (Å²) < 4.78 is 5.36. The predicted molar refractivity (Wildman–Crippen MR) is 80.4 cm³/mol. The molecule has 8 heteroatoms. The molecular formula is C14H22N4O4. The van der Waals surface area contributed by atoms with Gasteiger partial charge in [0.15, 0.2) is 0 Å². The molecular weight excluding hydrogens is 288 g/mol. The second-order valence-corrected chi connectivity index (χ2v) is 5.98. The Morgan fingerprint density at radius 3 is 2.32 bits per heavy atom. The highest BCUT2D eigenvalue weighted by molar-refractivity contribution is 5.68. The molecule has 122 valence electrons. The lowest BCUT2D eigenvalue weighted by molar-refractivity contribution is -0.362. The van der Waals surface area contributed by atoms with Gasteiger partial charge in [0.2, 0.25) is 5.18 Å². The van der Waals surface area contributed by atoms with E-state index in [1.807, 2.05) is 26.8 Å². The first-order valence-corrected chi connectivity index (χ1v) is 6.97. The van der Waals surface area contributed by atoms with Crippen molar-refractivity contribution in [3.63, 3.8) is 0 Å². The van der Waals surface area contributed by atoms with E-state index >= 15 is 0 Å². The molecule has 22 heavy (non-hydrogen) atoms. The van der Waals surface area contributed by atoms with Crippen LogP contribution in [0.5, 0.6) is 0 Å². The molecule has 0 saturated carbocycles. The first kappa shape index (κ1) is 17.8. The van der Waals surface area contributed by atoms with Crippen LogP contribution in [0.1, 0.15) is 20.8 Å². The number of piperazine rings is 1. The van der Waals surface area contributed by atoms with Crippen LogP contribution in [0.4, 0.5) is 16.3 Å². The van der Waals surface area contributed by atoms with Gasteiger partial charge in [-0.3, -0.25) is 0 Å². The van der Waals surface area contributed by atoms with Crippen molar-refractivity contribution in [2.45, 2.75) is 26.4 Å². The lowest BCUT2D eigenvalue weighted by Crippen LogP contribution is -2.50. The average Bonchev–Trinajstić information content (AvgIpc) is 2.46. The van der Waals surface area contributed by atoms with E-state index in [1.165, 1.54) is 0 Å². The minimum Gasteiger partial charge on any atom is -0.870 e. The number of hydrogen-bond acceptors (Lipinski definition) is 6. The molecule has 1 aliphatic heterocycles. The molecule has 1 aromatic rings. The standard InChI is InChI=1S/C14H20N4O3.H2O/c1-14(2,3)21-13(19)18-8-6-17(7-9-18)11-4-5-12(16-20)15-10-11;/h4-5,10H,6-9H2,1-3H3;1H2. The van der Waals surface area contributed by atoms with Crippen molar-refractivity contribution in [3.8, 4) is 0 Å². The molecule has 1 fully saturated rings. The molecule has 1 saturated heterocycles. The van der Waals surface area contributed by atoms with Crippen LogP contribution < -0.4 is 9.88 Å². The van der Waals surface area contributed by atoms with Crippen LogP contribution in [0.25, 0.3) is 0 Å². The monoisotopic (exact) mass is 310 g/mol. The minimum atomic E-state index is -0.471. The van der Waals surface area contributed by atoms with Crippen molar-refractivity contribution in [1.82, 2.24) is 4.90 Å². The van der Waals surface area contributed by atoms with E-state index in [0.717, 1.165) is 18.8 Å². The number of anilines is 1. The van der Waals surface area contributed by atoms with Crippen molar-refractivity contribution in [3.05, 3.63) is 23.2 Å². The van der Waals surface area contributed by atoms with Gasteiger partial charge < -0.3 is 20.0 Å². The number of aromatic nitrogens is 1. The van der Waals surface area contributed by atoms with Crippen molar-refractivity contribution in [1.29, 1.82) is 0 Å². The number of rotatable bonds is 2. The normalized spacial score (nSPS) is 15.0. The van der Waals surface area contributed by atoms with Crippen LogP contribution in [0.15, 0.2) is 23.5 Å². The third-order valence-electron chi connectivity index (χ3n) is 3.17. The summed E-state index contributed by atoms with van der Waals surface area (Å²) in [6.45, 7) is 8.26. The van der Waals surface area contributed by atoms with Crippen molar-refractivity contribution < 1.29 is 20.0 Å². The third-order valence-corrected chi connectivity index (χ3v) is 3.17. The molecule has 8 nitrogen and oxygen atoms in total. The zero-order chi connectivity index (χ0) is 15.5. The maximum absolute atomic E-state index is 12.0. The number of nitrogens with zero attached hydrogens (tertiary/aromatic N) is 3. The Kier molecular flexibility index (Phi) is 5.81. The minimum absolute atomic E-state index is 0. The summed E-state index contributed by atoms with van der Waals surface area (Å²) >= 11 is 0. The number of amides is 1. The fourth-order valence-corrected chi connectivity index (χ4v) is 2.14. The summed E-state index contributed by atoms with van der Waals surface area (Å²) in [5.74, 6) is 0.297. The molecule has 0 spiro atoms. The fourth-order valence-electron chi connectivity index (χ4n) is 2.14. The third kappa shape index (κ3) is 4.66. The van der Waals surface area contributed by atoms with E-state index in [9.17, 15) is 9.70 Å². The molecule has 0 aromatic carbocycles.